The Kier molecular flexibility index (Phi) is 4.20. The molecule has 1 amide bonds. The van der Waals surface area contributed by atoms with Crippen molar-refractivity contribution < 1.29 is 19.1 Å². The number of halogens is 1. The van der Waals surface area contributed by atoms with E-state index in [9.17, 15) is 9.59 Å². The Bertz CT molecular complexity index is 731. The van der Waals surface area contributed by atoms with Crippen molar-refractivity contribution in [2.45, 2.75) is 31.5 Å². The second-order valence-corrected chi connectivity index (χ2v) is 7.74. The van der Waals surface area contributed by atoms with Gasteiger partial charge in [-0.15, -0.1) is 0 Å². The molecular weight excluding hydrogens is 386 g/mol. The quantitative estimate of drug-likeness (QED) is 0.429. The predicted octanol–water partition coefficient (Wildman–Crippen LogP) is 3.08. The number of rotatable bonds is 5. The summed E-state index contributed by atoms with van der Waals surface area (Å²) in [5, 5.41) is 0. The average molecular weight is 406 g/mol. The first-order valence-electron chi connectivity index (χ1n) is 8.66. The first kappa shape index (κ1) is 16.8. The minimum atomic E-state index is -0.705. The minimum Gasteiger partial charge on any atom is -0.465 e. The number of hydrogen-bond acceptors (Lipinski definition) is 4. The van der Waals surface area contributed by atoms with Crippen LogP contribution in [-0.4, -0.2) is 36.7 Å². The van der Waals surface area contributed by atoms with Crippen molar-refractivity contribution >= 4 is 33.5 Å². The molecule has 1 aromatic rings. The van der Waals surface area contributed by atoms with Crippen LogP contribution in [0, 0.1) is 11.8 Å². The SMILES string of the molecule is CCCCOC(=O)[C@@H]1[C@@H]2C=C[C@@]3(CN(c4ccc(Br)cc4)C(=O)[C@H]13)O2. The lowest BCUT2D eigenvalue weighted by atomic mass is 9.77. The van der Waals surface area contributed by atoms with Gasteiger partial charge in [0, 0.05) is 10.2 Å². The highest BCUT2D eigenvalue weighted by atomic mass is 79.9. The molecule has 3 aliphatic heterocycles. The molecule has 0 N–H and O–H groups in total. The minimum absolute atomic E-state index is 0.0633. The van der Waals surface area contributed by atoms with Crippen molar-refractivity contribution in [3.8, 4) is 0 Å². The number of unbranched alkanes of at least 4 members (excludes halogenated alkanes) is 1. The van der Waals surface area contributed by atoms with Gasteiger partial charge in [0.2, 0.25) is 5.91 Å². The molecule has 2 bridgehead atoms. The lowest BCUT2D eigenvalue weighted by molar-refractivity contribution is -0.152. The summed E-state index contributed by atoms with van der Waals surface area (Å²) < 4.78 is 12.4. The van der Waals surface area contributed by atoms with E-state index in [4.69, 9.17) is 9.47 Å². The van der Waals surface area contributed by atoms with Crippen LogP contribution < -0.4 is 4.90 Å². The van der Waals surface area contributed by atoms with E-state index in [-0.39, 0.29) is 18.0 Å². The number of benzene rings is 1. The van der Waals surface area contributed by atoms with Crippen molar-refractivity contribution in [1.29, 1.82) is 0 Å². The van der Waals surface area contributed by atoms with Gasteiger partial charge in [-0.25, -0.2) is 0 Å². The fraction of sp³-hybridized carbons (Fsp3) is 0.474. The van der Waals surface area contributed by atoms with E-state index in [2.05, 4.69) is 15.9 Å². The number of anilines is 1. The van der Waals surface area contributed by atoms with Crippen LogP contribution in [0.5, 0.6) is 0 Å². The molecule has 0 aliphatic carbocycles. The second-order valence-electron chi connectivity index (χ2n) is 6.82. The van der Waals surface area contributed by atoms with Gasteiger partial charge >= 0.3 is 5.97 Å². The number of hydrogen-bond donors (Lipinski definition) is 0. The first-order chi connectivity index (χ1) is 12.1. The van der Waals surface area contributed by atoms with E-state index in [0.29, 0.717) is 13.2 Å². The molecule has 6 heteroatoms. The molecule has 3 heterocycles. The van der Waals surface area contributed by atoms with Crippen molar-refractivity contribution in [2.24, 2.45) is 11.8 Å². The van der Waals surface area contributed by atoms with Crippen LogP contribution in [0.25, 0.3) is 0 Å². The zero-order valence-electron chi connectivity index (χ0n) is 14.0. The van der Waals surface area contributed by atoms with Gasteiger partial charge < -0.3 is 14.4 Å². The first-order valence-corrected chi connectivity index (χ1v) is 9.46. The molecule has 1 aromatic carbocycles. The molecule has 132 valence electrons. The normalized spacial score (nSPS) is 32.3. The highest BCUT2D eigenvalue weighted by Gasteiger charge is 2.67. The largest absolute Gasteiger partial charge is 0.465 e. The van der Waals surface area contributed by atoms with E-state index >= 15 is 0 Å². The van der Waals surface area contributed by atoms with Gasteiger partial charge in [0.15, 0.2) is 0 Å². The van der Waals surface area contributed by atoms with Gasteiger partial charge in [-0.05, 0) is 30.7 Å². The third kappa shape index (κ3) is 2.62. The Morgan fingerprint density at radius 3 is 2.88 bits per heavy atom. The van der Waals surface area contributed by atoms with Gasteiger partial charge in [0.05, 0.1) is 25.2 Å². The third-order valence-corrected chi connectivity index (χ3v) is 5.78. The van der Waals surface area contributed by atoms with Crippen LogP contribution in [0.4, 0.5) is 5.69 Å². The van der Waals surface area contributed by atoms with Crippen molar-refractivity contribution in [3.63, 3.8) is 0 Å². The van der Waals surface area contributed by atoms with Crippen molar-refractivity contribution in [3.05, 3.63) is 40.9 Å². The summed E-state index contributed by atoms with van der Waals surface area (Å²) in [5.74, 6) is -1.43. The Morgan fingerprint density at radius 1 is 1.40 bits per heavy atom. The van der Waals surface area contributed by atoms with Gasteiger partial charge in [-0.1, -0.05) is 41.4 Å². The topological polar surface area (TPSA) is 55.8 Å². The highest BCUT2D eigenvalue weighted by Crippen LogP contribution is 2.52. The Balaban J connectivity index is 1.59. The second kappa shape index (κ2) is 6.25. The van der Waals surface area contributed by atoms with E-state index in [1.807, 2.05) is 43.3 Å². The fourth-order valence-electron chi connectivity index (χ4n) is 4.02. The molecule has 0 unspecified atom stereocenters. The molecule has 2 saturated heterocycles. The summed E-state index contributed by atoms with van der Waals surface area (Å²) in [6, 6.07) is 7.59. The molecule has 2 fully saturated rings. The summed E-state index contributed by atoms with van der Waals surface area (Å²) in [6.07, 6.45) is 5.29. The lowest BCUT2D eigenvalue weighted by Gasteiger charge is -2.22. The van der Waals surface area contributed by atoms with Crippen LogP contribution in [0.1, 0.15) is 19.8 Å². The average Bonchev–Trinajstić information content (AvgIpc) is 3.24. The van der Waals surface area contributed by atoms with Crippen LogP contribution in [0.3, 0.4) is 0 Å². The molecule has 5 nitrogen and oxygen atoms in total. The van der Waals surface area contributed by atoms with Crippen molar-refractivity contribution in [2.75, 3.05) is 18.1 Å². The van der Waals surface area contributed by atoms with Crippen LogP contribution in [-0.2, 0) is 19.1 Å². The number of amides is 1. The summed E-state index contributed by atoms with van der Waals surface area (Å²) in [5.41, 5.74) is 0.110. The van der Waals surface area contributed by atoms with E-state index in [1.165, 1.54) is 0 Å². The molecular formula is C19H20BrNO4. The van der Waals surface area contributed by atoms with Gasteiger partial charge in [0.25, 0.3) is 0 Å². The predicted molar refractivity (Wildman–Crippen MR) is 96.1 cm³/mol. The van der Waals surface area contributed by atoms with E-state index < -0.39 is 17.4 Å². The Labute approximate surface area is 155 Å². The number of carbonyl (C=O) groups is 2. The van der Waals surface area contributed by atoms with Crippen molar-refractivity contribution in [1.82, 2.24) is 0 Å². The van der Waals surface area contributed by atoms with Crippen LogP contribution in [0.15, 0.2) is 40.9 Å². The molecule has 0 radical (unpaired) electrons. The maximum atomic E-state index is 13.1. The molecule has 0 saturated carbocycles. The van der Waals surface area contributed by atoms with E-state index in [1.54, 1.807) is 4.90 Å². The fourth-order valence-corrected chi connectivity index (χ4v) is 4.28. The maximum absolute atomic E-state index is 13.1. The van der Waals surface area contributed by atoms with Gasteiger partial charge in [-0.3, -0.25) is 9.59 Å². The van der Waals surface area contributed by atoms with E-state index in [0.717, 1.165) is 23.0 Å². The van der Waals surface area contributed by atoms with Crippen LogP contribution in [0.2, 0.25) is 0 Å². The molecule has 25 heavy (non-hydrogen) atoms. The number of carbonyl (C=O) groups excluding carboxylic acids is 2. The molecule has 4 atom stereocenters. The smallest absolute Gasteiger partial charge is 0.312 e. The third-order valence-electron chi connectivity index (χ3n) is 5.25. The maximum Gasteiger partial charge on any atom is 0.312 e. The Morgan fingerprint density at radius 2 is 2.16 bits per heavy atom. The number of ether oxygens (including phenoxy) is 2. The number of esters is 1. The summed E-state index contributed by atoms with van der Waals surface area (Å²) in [4.78, 5) is 27.4. The summed E-state index contributed by atoms with van der Waals surface area (Å²) in [7, 11) is 0. The molecule has 3 aliphatic rings. The zero-order chi connectivity index (χ0) is 17.6. The molecule has 4 rings (SSSR count). The van der Waals surface area contributed by atoms with Crippen LogP contribution >= 0.6 is 15.9 Å². The standard InChI is InChI=1S/C19H20BrNO4/c1-2-3-10-24-18(23)15-14-8-9-19(25-14)11-21(17(22)16(15)19)13-6-4-12(20)5-7-13/h4-9,14-16H,2-3,10-11H2,1H3/t14-,15+,16-,19-/m0/s1. The number of fused-ring (bicyclic) bond motifs is 1. The monoisotopic (exact) mass is 405 g/mol. The zero-order valence-corrected chi connectivity index (χ0v) is 15.6. The highest BCUT2D eigenvalue weighted by molar-refractivity contribution is 9.10. The number of nitrogens with zero attached hydrogens (tertiary/aromatic N) is 1. The van der Waals surface area contributed by atoms with Gasteiger partial charge in [0.1, 0.15) is 11.5 Å². The Hall–Kier alpha value is -1.66. The van der Waals surface area contributed by atoms with Gasteiger partial charge in [-0.2, -0.15) is 0 Å². The molecule has 1 spiro atoms. The molecule has 0 aromatic heterocycles. The summed E-state index contributed by atoms with van der Waals surface area (Å²) >= 11 is 3.41. The summed E-state index contributed by atoms with van der Waals surface area (Å²) in [6.45, 7) is 2.87. The lowest BCUT2D eigenvalue weighted by Crippen LogP contribution is -2.40.